The van der Waals surface area contributed by atoms with Gasteiger partial charge in [0.1, 0.15) is 11.7 Å². The van der Waals surface area contributed by atoms with Crippen molar-refractivity contribution in [1.29, 1.82) is 0 Å². The molecule has 0 radical (unpaired) electrons. The number of anilines is 1. The third-order valence-electron chi connectivity index (χ3n) is 2.41. The number of nitrogens with two attached hydrogens (primary N) is 1. The summed E-state index contributed by atoms with van der Waals surface area (Å²) in [5.41, 5.74) is 7.11. The Morgan fingerprint density at radius 3 is 2.88 bits per heavy atom. The SMILES string of the molecule is Cc1cc(F)ccc1NCC(C)C(N)=NO. The lowest BCUT2D eigenvalue weighted by atomic mass is 10.1. The van der Waals surface area contributed by atoms with Crippen molar-refractivity contribution in [3.8, 4) is 0 Å². The molecular weight excluding hydrogens is 209 g/mol. The number of hydrogen-bond donors (Lipinski definition) is 3. The average Bonchev–Trinajstić information content (AvgIpc) is 2.26. The molecule has 1 aromatic carbocycles. The fraction of sp³-hybridized carbons (Fsp3) is 0.364. The van der Waals surface area contributed by atoms with Crippen LogP contribution in [-0.2, 0) is 0 Å². The van der Waals surface area contributed by atoms with Gasteiger partial charge in [0, 0.05) is 18.2 Å². The molecule has 16 heavy (non-hydrogen) atoms. The molecule has 0 saturated heterocycles. The second-order valence-corrected chi connectivity index (χ2v) is 3.77. The molecule has 0 heterocycles. The predicted molar refractivity (Wildman–Crippen MR) is 62.2 cm³/mol. The smallest absolute Gasteiger partial charge is 0.143 e. The summed E-state index contributed by atoms with van der Waals surface area (Å²) in [7, 11) is 0. The lowest BCUT2D eigenvalue weighted by Gasteiger charge is -2.13. The molecule has 0 amide bonds. The Morgan fingerprint density at radius 1 is 1.62 bits per heavy atom. The highest BCUT2D eigenvalue weighted by Gasteiger charge is 2.08. The van der Waals surface area contributed by atoms with E-state index in [-0.39, 0.29) is 17.6 Å². The van der Waals surface area contributed by atoms with Gasteiger partial charge in [-0.2, -0.15) is 0 Å². The zero-order chi connectivity index (χ0) is 12.1. The van der Waals surface area contributed by atoms with Gasteiger partial charge >= 0.3 is 0 Å². The highest BCUT2D eigenvalue weighted by atomic mass is 19.1. The van der Waals surface area contributed by atoms with Crippen molar-refractivity contribution in [3.63, 3.8) is 0 Å². The number of nitrogens with zero attached hydrogens (tertiary/aromatic N) is 1. The second kappa shape index (κ2) is 5.34. The van der Waals surface area contributed by atoms with Gasteiger partial charge in [0.05, 0.1) is 0 Å². The minimum atomic E-state index is -0.257. The van der Waals surface area contributed by atoms with E-state index in [4.69, 9.17) is 10.9 Å². The fourth-order valence-corrected chi connectivity index (χ4v) is 1.29. The summed E-state index contributed by atoms with van der Waals surface area (Å²) in [6.45, 7) is 4.18. The van der Waals surface area contributed by atoms with Crippen LogP contribution in [0, 0.1) is 18.7 Å². The average molecular weight is 225 g/mol. The molecule has 0 spiro atoms. The molecule has 0 aliphatic heterocycles. The minimum absolute atomic E-state index is 0.0885. The molecule has 0 bridgehead atoms. The normalized spacial score (nSPS) is 13.6. The monoisotopic (exact) mass is 225 g/mol. The summed E-state index contributed by atoms with van der Waals surface area (Å²) < 4.78 is 12.8. The van der Waals surface area contributed by atoms with Crippen molar-refractivity contribution in [1.82, 2.24) is 0 Å². The topological polar surface area (TPSA) is 70.6 Å². The molecule has 4 nitrogen and oxygen atoms in total. The van der Waals surface area contributed by atoms with Crippen LogP contribution in [0.15, 0.2) is 23.4 Å². The lowest BCUT2D eigenvalue weighted by molar-refractivity contribution is 0.315. The third-order valence-corrected chi connectivity index (χ3v) is 2.41. The maximum atomic E-state index is 12.8. The van der Waals surface area contributed by atoms with Gasteiger partial charge in [0.2, 0.25) is 0 Å². The predicted octanol–water partition coefficient (Wildman–Crippen LogP) is 1.93. The van der Waals surface area contributed by atoms with E-state index in [2.05, 4.69) is 10.5 Å². The van der Waals surface area contributed by atoms with Crippen molar-refractivity contribution in [2.75, 3.05) is 11.9 Å². The van der Waals surface area contributed by atoms with Gasteiger partial charge in [0.15, 0.2) is 0 Å². The van der Waals surface area contributed by atoms with Crippen LogP contribution < -0.4 is 11.1 Å². The van der Waals surface area contributed by atoms with Gasteiger partial charge in [-0.05, 0) is 30.7 Å². The quantitative estimate of drug-likeness (QED) is 0.317. The molecule has 88 valence electrons. The minimum Gasteiger partial charge on any atom is -0.409 e. The number of oxime groups is 1. The van der Waals surface area contributed by atoms with Crippen LogP contribution in [-0.4, -0.2) is 17.6 Å². The van der Waals surface area contributed by atoms with Gasteiger partial charge in [-0.25, -0.2) is 4.39 Å². The molecular formula is C11H16FN3O. The summed E-state index contributed by atoms with van der Waals surface area (Å²) in [5, 5.41) is 14.5. The summed E-state index contributed by atoms with van der Waals surface area (Å²) in [5.74, 6) is -0.172. The van der Waals surface area contributed by atoms with Crippen LogP contribution in [0.5, 0.6) is 0 Å². The summed E-state index contributed by atoms with van der Waals surface area (Å²) in [6, 6.07) is 4.52. The molecule has 0 aliphatic carbocycles. The lowest BCUT2D eigenvalue weighted by Crippen LogP contribution is -2.27. The van der Waals surface area contributed by atoms with Crippen molar-refractivity contribution >= 4 is 11.5 Å². The maximum Gasteiger partial charge on any atom is 0.143 e. The van der Waals surface area contributed by atoms with Gasteiger partial charge in [0.25, 0.3) is 0 Å². The van der Waals surface area contributed by atoms with Crippen LogP contribution in [0.2, 0.25) is 0 Å². The Morgan fingerprint density at radius 2 is 2.31 bits per heavy atom. The van der Waals surface area contributed by atoms with Gasteiger partial charge in [-0.15, -0.1) is 0 Å². The van der Waals surface area contributed by atoms with E-state index in [1.807, 2.05) is 13.8 Å². The van der Waals surface area contributed by atoms with Crippen LogP contribution in [0.4, 0.5) is 10.1 Å². The van der Waals surface area contributed by atoms with Crippen LogP contribution in [0.25, 0.3) is 0 Å². The molecule has 0 aromatic heterocycles. The first-order chi connectivity index (χ1) is 7.54. The molecule has 1 aromatic rings. The number of benzene rings is 1. The van der Waals surface area contributed by atoms with E-state index in [1.165, 1.54) is 12.1 Å². The van der Waals surface area contributed by atoms with Crippen molar-refractivity contribution in [2.24, 2.45) is 16.8 Å². The molecule has 0 saturated carbocycles. The standard InChI is InChI=1S/C11H16FN3O/c1-7-5-9(12)3-4-10(7)14-6-8(2)11(13)15-16/h3-5,8,14,16H,6H2,1-2H3,(H2,13,15). The number of aryl methyl sites for hydroxylation is 1. The van der Waals surface area contributed by atoms with E-state index >= 15 is 0 Å². The first-order valence-electron chi connectivity index (χ1n) is 5.02. The number of halogens is 1. The molecule has 0 fully saturated rings. The number of nitrogens with one attached hydrogen (secondary N) is 1. The van der Waals surface area contributed by atoms with E-state index in [1.54, 1.807) is 6.07 Å². The Hall–Kier alpha value is -1.78. The van der Waals surface area contributed by atoms with Crippen molar-refractivity contribution in [3.05, 3.63) is 29.6 Å². The van der Waals surface area contributed by atoms with E-state index < -0.39 is 0 Å². The van der Waals surface area contributed by atoms with Crippen LogP contribution >= 0.6 is 0 Å². The first-order valence-corrected chi connectivity index (χ1v) is 5.02. The highest BCUT2D eigenvalue weighted by molar-refractivity contribution is 5.82. The second-order valence-electron chi connectivity index (χ2n) is 3.77. The molecule has 1 atom stereocenters. The zero-order valence-corrected chi connectivity index (χ0v) is 9.37. The van der Waals surface area contributed by atoms with Crippen LogP contribution in [0.1, 0.15) is 12.5 Å². The molecule has 1 unspecified atom stereocenters. The zero-order valence-electron chi connectivity index (χ0n) is 9.37. The highest BCUT2D eigenvalue weighted by Crippen LogP contribution is 2.15. The van der Waals surface area contributed by atoms with Gasteiger partial charge < -0.3 is 16.3 Å². The van der Waals surface area contributed by atoms with Crippen molar-refractivity contribution in [2.45, 2.75) is 13.8 Å². The summed E-state index contributed by atoms with van der Waals surface area (Å²) >= 11 is 0. The Labute approximate surface area is 94.0 Å². The first kappa shape index (κ1) is 12.3. The van der Waals surface area contributed by atoms with E-state index in [9.17, 15) is 4.39 Å². The summed E-state index contributed by atoms with van der Waals surface area (Å²) in [6.07, 6.45) is 0. The number of hydrogen-bond acceptors (Lipinski definition) is 3. The number of amidine groups is 1. The van der Waals surface area contributed by atoms with Gasteiger partial charge in [-0.3, -0.25) is 0 Å². The van der Waals surface area contributed by atoms with Gasteiger partial charge in [-0.1, -0.05) is 12.1 Å². The molecule has 1 rings (SSSR count). The summed E-state index contributed by atoms with van der Waals surface area (Å²) in [4.78, 5) is 0. The van der Waals surface area contributed by atoms with Crippen molar-refractivity contribution < 1.29 is 9.60 Å². The van der Waals surface area contributed by atoms with E-state index in [0.29, 0.717) is 6.54 Å². The third kappa shape index (κ3) is 3.12. The van der Waals surface area contributed by atoms with E-state index in [0.717, 1.165) is 11.3 Å². The Kier molecular flexibility index (Phi) is 4.10. The molecule has 5 heteroatoms. The maximum absolute atomic E-state index is 12.8. The Bertz CT molecular complexity index is 393. The molecule has 0 aliphatic rings. The van der Waals surface area contributed by atoms with Crippen LogP contribution in [0.3, 0.4) is 0 Å². The Balaban J connectivity index is 2.61. The fourth-order valence-electron chi connectivity index (χ4n) is 1.29. The molecule has 4 N–H and O–H groups in total. The largest absolute Gasteiger partial charge is 0.409 e. The number of rotatable bonds is 4.